The van der Waals surface area contributed by atoms with Crippen LogP contribution in [-0.2, 0) is 16.2 Å². The molecule has 0 aliphatic carbocycles. The lowest BCUT2D eigenvalue weighted by molar-refractivity contribution is 0.462. The summed E-state index contributed by atoms with van der Waals surface area (Å²) in [5.41, 5.74) is 13.6. The van der Waals surface area contributed by atoms with Crippen molar-refractivity contribution < 1.29 is 4.74 Å². The number of aromatic nitrogens is 2. The van der Waals surface area contributed by atoms with Gasteiger partial charge in [-0.05, 0) is 105 Å². The summed E-state index contributed by atoms with van der Waals surface area (Å²) in [6.07, 6.45) is 1.94. The Kier molecular flexibility index (Phi) is 9.98. The summed E-state index contributed by atoms with van der Waals surface area (Å²) in [5.74, 6) is 2.46. The highest BCUT2D eigenvalue weighted by Crippen LogP contribution is 2.48. The van der Waals surface area contributed by atoms with Gasteiger partial charge in [-0.15, -0.1) is 0 Å². The van der Waals surface area contributed by atoms with E-state index in [1.807, 2.05) is 6.20 Å². The van der Waals surface area contributed by atoms with Crippen molar-refractivity contribution in [3.63, 3.8) is 0 Å². The molecule has 2 aromatic heterocycles. The Balaban J connectivity index is 1.12. The molecule has 7 aromatic carbocycles. The van der Waals surface area contributed by atoms with Crippen LogP contribution in [-0.4, -0.2) is 16.2 Å². The van der Waals surface area contributed by atoms with Crippen LogP contribution >= 0.6 is 0 Å². The lowest BCUT2D eigenvalue weighted by Crippen LogP contribution is -2.25. The molecular formula is C59H56N4O. The van der Waals surface area contributed by atoms with E-state index in [1.165, 1.54) is 44.6 Å². The molecule has 0 N–H and O–H groups in total. The maximum absolute atomic E-state index is 7.26. The van der Waals surface area contributed by atoms with Crippen molar-refractivity contribution >= 4 is 44.6 Å². The predicted octanol–water partition coefficient (Wildman–Crippen LogP) is 15.8. The summed E-state index contributed by atoms with van der Waals surface area (Å²) in [6, 6.07) is 63.5. The first-order valence-electron chi connectivity index (χ1n) is 22.5. The molecule has 1 aliphatic rings. The summed E-state index contributed by atoms with van der Waals surface area (Å²) >= 11 is 0. The number of rotatable bonds is 8. The topological polar surface area (TPSA) is 33.5 Å². The Bertz CT molecular complexity index is 3170. The fraction of sp³-hybridized carbons (Fsp3) is 0.203. The molecule has 0 unspecified atom stereocenters. The molecule has 0 atom stereocenters. The molecule has 0 spiro atoms. The number of pyridine rings is 1. The van der Waals surface area contributed by atoms with Gasteiger partial charge in [0.05, 0.1) is 22.4 Å². The smallest absolute Gasteiger partial charge is 0.137 e. The molecule has 64 heavy (non-hydrogen) atoms. The molecule has 3 heterocycles. The summed E-state index contributed by atoms with van der Waals surface area (Å²) in [6.45, 7) is 18.8. The van der Waals surface area contributed by atoms with Crippen LogP contribution in [0.25, 0.3) is 38.8 Å². The van der Waals surface area contributed by atoms with Crippen molar-refractivity contribution in [1.82, 2.24) is 9.55 Å². The number of anilines is 4. The van der Waals surface area contributed by atoms with Gasteiger partial charge in [-0.1, -0.05) is 152 Å². The Morgan fingerprint density at radius 1 is 0.469 bits per heavy atom. The van der Waals surface area contributed by atoms with E-state index in [1.54, 1.807) is 0 Å². The normalized spacial score (nSPS) is 13.2. The van der Waals surface area contributed by atoms with Crippen LogP contribution in [0.4, 0.5) is 22.7 Å². The fourth-order valence-electron chi connectivity index (χ4n) is 9.34. The lowest BCUT2D eigenvalue weighted by atomic mass is 9.77. The summed E-state index contributed by atoms with van der Waals surface area (Å²) in [5, 5.41) is 2.31. The molecular weight excluding hydrogens is 781 g/mol. The lowest BCUT2D eigenvalue weighted by Gasteiger charge is -2.30. The Labute approximate surface area is 378 Å². The van der Waals surface area contributed by atoms with Gasteiger partial charge in [0, 0.05) is 51.5 Å². The van der Waals surface area contributed by atoms with Crippen molar-refractivity contribution in [2.75, 3.05) is 16.5 Å². The van der Waals surface area contributed by atoms with Crippen molar-refractivity contribution in [3.05, 3.63) is 204 Å². The molecule has 5 nitrogen and oxygen atoms in total. The van der Waals surface area contributed by atoms with E-state index < -0.39 is 0 Å². The molecule has 0 amide bonds. The van der Waals surface area contributed by atoms with Crippen LogP contribution < -0.4 is 14.5 Å². The highest BCUT2D eigenvalue weighted by atomic mass is 16.5. The van der Waals surface area contributed by atoms with Crippen LogP contribution in [0.15, 0.2) is 182 Å². The Morgan fingerprint density at radius 2 is 1.11 bits per heavy atom. The van der Waals surface area contributed by atoms with Gasteiger partial charge in [-0.2, -0.15) is 0 Å². The summed E-state index contributed by atoms with van der Waals surface area (Å²) in [7, 11) is 0. The zero-order chi connectivity index (χ0) is 44.4. The minimum Gasteiger partial charge on any atom is -0.457 e. The van der Waals surface area contributed by atoms with Crippen molar-refractivity contribution in [3.8, 4) is 28.4 Å². The van der Waals surface area contributed by atoms with Crippen molar-refractivity contribution in [2.45, 2.75) is 71.6 Å². The average Bonchev–Trinajstić information content (AvgIpc) is 3.85. The van der Waals surface area contributed by atoms with Crippen LogP contribution in [0.3, 0.4) is 0 Å². The number of nitrogens with zero attached hydrogens (tertiary/aromatic N) is 4. The SMILES string of the molecule is CC(C)(C)c1cccc(N2CN(c3ccc(C(C)(C)c4ccccc4)c(Oc4ccc5c6cc(-c7ccccc7)ccc6n(-c6cc(C(C)(C)C)ccn6)c5c4)c3)c3ccccc32)c1. The first-order valence-corrected chi connectivity index (χ1v) is 22.5. The van der Waals surface area contributed by atoms with Crippen molar-refractivity contribution in [1.29, 1.82) is 0 Å². The number of benzene rings is 7. The van der Waals surface area contributed by atoms with Gasteiger partial charge in [-0.25, -0.2) is 4.98 Å². The largest absolute Gasteiger partial charge is 0.457 e. The summed E-state index contributed by atoms with van der Waals surface area (Å²) in [4.78, 5) is 9.83. The molecule has 0 fully saturated rings. The monoisotopic (exact) mass is 836 g/mol. The van der Waals surface area contributed by atoms with Gasteiger partial charge in [0.25, 0.3) is 0 Å². The van der Waals surface area contributed by atoms with Gasteiger partial charge in [0.1, 0.15) is 24.0 Å². The van der Waals surface area contributed by atoms with E-state index in [2.05, 4.69) is 246 Å². The van der Waals surface area contributed by atoms with Gasteiger partial charge in [-0.3, -0.25) is 4.57 Å². The number of hydrogen-bond donors (Lipinski definition) is 0. The molecule has 0 bridgehead atoms. The Morgan fingerprint density at radius 3 is 1.81 bits per heavy atom. The highest BCUT2D eigenvalue weighted by molar-refractivity contribution is 6.10. The van der Waals surface area contributed by atoms with E-state index in [9.17, 15) is 0 Å². The second kappa shape index (κ2) is 15.6. The number of ether oxygens (including phenoxy) is 1. The first kappa shape index (κ1) is 40.9. The molecule has 0 saturated carbocycles. The van der Waals surface area contributed by atoms with Gasteiger partial charge in [0.2, 0.25) is 0 Å². The third-order valence-corrected chi connectivity index (χ3v) is 13.1. The van der Waals surface area contributed by atoms with E-state index >= 15 is 0 Å². The van der Waals surface area contributed by atoms with Gasteiger partial charge < -0.3 is 14.5 Å². The van der Waals surface area contributed by atoms with E-state index in [4.69, 9.17) is 9.72 Å². The van der Waals surface area contributed by atoms with Crippen LogP contribution in [0, 0.1) is 0 Å². The maximum atomic E-state index is 7.26. The number of para-hydroxylation sites is 2. The van der Waals surface area contributed by atoms with Gasteiger partial charge >= 0.3 is 0 Å². The average molecular weight is 837 g/mol. The minimum absolute atomic E-state index is 0.0397. The van der Waals surface area contributed by atoms with E-state index in [0.29, 0.717) is 6.67 Å². The third-order valence-electron chi connectivity index (χ3n) is 13.1. The minimum atomic E-state index is -0.359. The molecule has 1 aliphatic heterocycles. The van der Waals surface area contributed by atoms with Crippen molar-refractivity contribution in [2.24, 2.45) is 0 Å². The first-order chi connectivity index (χ1) is 30.7. The maximum Gasteiger partial charge on any atom is 0.137 e. The van der Waals surface area contributed by atoms with Gasteiger partial charge in [0.15, 0.2) is 0 Å². The molecule has 0 radical (unpaired) electrons. The zero-order valence-electron chi connectivity index (χ0n) is 38.2. The molecule has 10 rings (SSSR count). The van der Waals surface area contributed by atoms with E-state index in [-0.39, 0.29) is 16.2 Å². The number of hydrogen-bond acceptors (Lipinski definition) is 4. The molecule has 5 heteroatoms. The van der Waals surface area contributed by atoms with E-state index in [0.717, 1.165) is 50.7 Å². The van der Waals surface area contributed by atoms with Crippen LogP contribution in [0.5, 0.6) is 11.5 Å². The second-order valence-electron chi connectivity index (χ2n) is 19.8. The zero-order valence-corrected chi connectivity index (χ0v) is 38.2. The second-order valence-corrected chi connectivity index (χ2v) is 19.8. The molecule has 9 aromatic rings. The Hall–Kier alpha value is -7.11. The molecule has 0 saturated heterocycles. The number of fused-ring (bicyclic) bond motifs is 4. The fourth-order valence-corrected chi connectivity index (χ4v) is 9.34. The highest BCUT2D eigenvalue weighted by Gasteiger charge is 2.32. The third kappa shape index (κ3) is 7.39. The summed E-state index contributed by atoms with van der Waals surface area (Å²) < 4.78 is 9.56. The standard InChI is InChI=1S/C59H56N4O/c1-57(2,3)43-22-17-23-45(35-43)61-39-62(53-25-16-15-24-52(53)61)46-27-30-50(59(7,8)42-20-13-10-14-21-42)55(37-46)64-47-28-29-48-49-34-41(40-18-11-9-12-19-40)26-31-51(49)63(54(48)38-47)56-36-44(32-33-60-56)58(4,5)6/h9-38H,39H2,1-8H3. The van der Waals surface area contributed by atoms with Crippen LogP contribution in [0.1, 0.15) is 77.6 Å². The quantitative estimate of drug-likeness (QED) is 0.153. The predicted molar refractivity (Wildman–Crippen MR) is 269 cm³/mol. The van der Waals surface area contributed by atoms with Crippen LogP contribution in [0.2, 0.25) is 0 Å². The molecule has 318 valence electrons.